The van der Waals surface area contributed by atoms with Gasteiger partial charge >= 0.3 is 0 Å². The summed E-state index contributed by atoms with van der Waals surface area (Å²) in [6.45, 7) is 5.11. The Balaban J connectivity index is 0.00000243. The molecule has 1 amide bonds. The van der Waals surface area contributed by atoms with Gasteiger partial charge in [-0.15, -0.1) is 12.4 Å². The molecule has 3 N–H and O–H groups in total. The van der Waals surface area contributed by atoms with Crippen molar-refractivity contribution in [3.05, 3.63) is 65.5 Å². The summed E-state index contributed by atoms with van der Waals surface area (Å²) in [6.07, 6.45) is 0. The lowest BCUT2D eigenvalue weighted by atomic mass is 9.95. The molecular formula is C20H25ClFN3O. The highest BCUT2D eigenvalue weighted by Gasteiger charge is 2.35. The molecule has 0 saturated carbocycles. The smallest absolute Gasteiger partial charge is 0.241 e. The van der Waals surface area contributed by atoms with E-state index >= 15 is 0 Å². The predicted molar refractivity (Wildman–Crippen MR) is 105 cm³/mol. The van der Waals surface area contributed by atoms with E-state index in [0.29, 0.717) is 12.2 Å². The van der Waals surface area contributed by atoms with E-state index in [-0.39, 0.29) is 42.1 Å². The van der Waals surface area contributed by atoms with Crippen LogP contribution in [0.15, 0.2) is 48.5 Å². The molecule has 3 rings (SSSR count). The number of aryl methyl sites for hydroxylation is 1. The molecule has 1 fully saturated rings. The molecule has 1 saturated heterocycles. The van der Waals surface area contributed by atoms with Crippen LogP contribution in [0.4, 0.5) is 10.1 Å². The highest BCUT2D eigenvalue weighted by Crippen LogP contribution is 2.28. The van der Waals surface area contributed by atoms with Gasteiger partial charge in [-0.05, 0) is 37.1 Å². The normalized spacial score (nSPS) is 21.1. The van der Waals surface area contributed by atoms with Crippen LogP contribution in [0.5, 0.6) is 0 Å². The molecule has 6 heteroatoms. The van der Waals surface area contributed by atoms with E-state index in [2.05, 4.69) is 22.3 Å². The van der Waals surface area contributed by atoms with Gasteiger partial charge in [-0.25, -0.2) is 4.39 Å². The maximum Gasteiger partial charge on any atom is 0.241 e. The molecule has 1 aliphatic rings. The molecule has 0 aliphatic carbocycles. The van der Waals surface area contributed by atoms with Crippen LogP contribution in [0, 0.1) is 12.7 Å². The number of carbonyl (C=O) groups excluding carboxylic acids is 1. The van der Waals surface area contributed by atoms with Gasteiger partial charge in [-0.1, -0.05) is 36.4 Å². The first kappa shape index (κ1) is 20.4. The first-order valence-corrected chi connectivity index (χ1v) is 8.57. The van der Waals surface area contributed by atoms with Gasteiger partial charge in [0.25, 0.3) is 0 Å². The monoisotopic (exact) mass is 377 g/mol. The zero-order chi connectivity index (χ0) is 18.0. The van der Waals surface area contributed by atoms with Gasteiger partial charge in [0, 0.05) is 30.7 Å². The molecule has 0 spiro atoms. The number of halogens is 2. The highest BCUT2D eigenvalue weighted by atomic mass is 35.5. The van der Waals surface area contributed by atoms with Crippen molar-refractivity contribution in [2.75, 3.05) is 18.4 Å². The zero-order valence-electron chi connectivity index (χ0n) is 15.0. The van der Waals surface area contributed by atoms with E-state index in [4.69, 9.17) is 5.73 Å². The molecule has 26 heavy (non-hydrogen) atoms. The van der Waals surface area contributed by atoms with Crippen molar-refractivity contribution in [3.63, 3.8) is 0 Å². The van der Waals surface area contributed by atoms with Crippen LogP contribution >= 0.6 is 12.4 Å². The quantitative estimate of drug-likeness (QED) is 0.859. The van der Waals surface area contributed by atoms with E-state index < -0.39 is 0 Å². The van der Waals surface area contributed by atoms with Crippen molar-refractivity contribution >= 4 is 24.0 Å². The number of hydrogen-bond acceptors (Lipinski definition) is 3. The fourth-order valence-corrected chi connectivity index (χ4v) is 3.36. The Morgan fingerprint density at radius 3 is 2.62 bits per heavy atom. The van der Waals surface area contributed by atoms with E-state index in [1.807, 2.05) is 32.0 Å². The van der Waals surface area contributed by atoms with Crippen LogP contribution in [0.3, 0.4) is 0 Å². The Labute approximate surface area is 160 Å². The fraction of sp³-hybridized carbons (Fsp3) is 0.350. The number of hydrogen-bond donors (Lipinski definition) is 2. The van der Waals surface area contributed by atoms with Crippen molar-refractivity contribution in [2.45, 2.75) is 31.8 Å². The van der Waals surface area contributed by atoms with Crippen molar-refractivity contribution in [1.82, 2.24) is 4.90 Å². The highest BCUT2D eigenvalue weighted by molar-refractivity contribution is 5.95. The first-order valence-electron chi connectivity index (χ1n) is 8.57. The van der Waals surface area contributed by atoms with Gasteiger partial charge in [0.15, 0.2) is 0 Å². The molecule has 2 aromatic carbocycles. The molecule has 3 atom stereocenters. The van der Waals surface area contributed by atoms with Crippen molar-refractivity contribution in [2.24, 2.45) is 5.73 Å². The minimum Gasteiger partial charge on any atom is -0.326 e. The van der Waals surface area contributed by atoms with E-state index in [1.165, 1.54) is 17.7 Å². The van der Waals surface area contributed by atoms with Crippen LogP contribution in [-0.4, -0.2) is 36.0 Å². The molecule has 1 aliphatic heterocycles. The van der Waals surface area contributed by atoms with Gasteiger partial charge in [-0.2, -0.15) is 0 Å². The Hall–Kier alpha value is -1.95. The minimum absolute atomic E-state index is 0. The number of amides is 1. The average Bonchev–Trinajstić information content (AvgIpc) is 3.00. The summed E-state index contributed by atoms with van der Waals surface area (Å²) >= 11 is 0. The molecule has 1 unspecified atom stereocenters. The van der Waals surface area contributed by atoms with Gasteiger partial charge in [-0.3, -0.25) is 9.69 Å². The Morgan fingerprint density at radius 1 is 1.23 bits per heavy atom. The maximum atomic E-state index is 13.4. The lowest BCUT2D eigenvalue weighted by molar-refractivity contribution is -0.120. The van der Waals surface area contributed by atoms with Crippen molar-refractivity contribution in [1.29, 1.82) is 0 Å². The number of benzene rings is 2. The third-order valence-corrected chi connectivity index (χ3v) is 5.01. The topological polar surface area (TPSA) is 58.4 Å². The number of anilines is 1. The SMILES string of the molecule is Cc1ccc(F)cc1NC(=O)C(C)N1C[C@@H](N)[C@H](c2ccccc2)C1.Cl. The van der Waals surface area contributed by atoms with Gasteiger partial charge < -0.3 is 11.1 Å². The number of nitrogens with zero attached hydrogens (tertiary/aromatic N) is 1. The number of nitrogens with one attached hydrogen (secondary N) is 1. The average molecular weight is 378 g/mol. The van der Waals surface area contributed by atoms with Crippen LogP contribution in [-0.2, 0) is 4.79 Å². The maximum absolute atomic E-state index is 13.4. The lowest BCUT2D eigenvalue weighted by Gasteiger charge is -2.24. The minimum atomic E-state index is -0.360. The summed E-state index contributed by atoms with van der Waals surface area (Å²) in [6, 6.07) is 14.2. The molecule has 2 aromatic rings. The van der Waals surface area contributed by atoms with Gasteiger partial charge in [0.1, 0.15) is 5.82 Å². The van der Waals surface area contributed by atoms with Gasteiger partial charge in [0.05, 0.1) is 6.04 Å². The van der Waals surface area contributed by atoms with Crippen molar-refractivity contribution < 1.29 is 9.18 Å². The van der Waals surface area contributed by atoms with E-state index in [0.717, 1.165) is 12.1 Å². The fourth-order valence-electron chi connectivity index (χ4n) is 3.36. The van der Waals surface area contributed by atoms with Crippen LogP contribution in [0.25, 0.3) is 0 Å². The summed E-state index contributed by atoms with van der Waals surface area (Å²) in [5, 5.41) is 2.84. The summed E-state index contributed by atoms with van der Waals surface area (Å²) in [4.78, 5) is 14.7. The Morgan fingerprint density at radius 2 is 1.92 bits per heavy atom. The summed E-state index contributed by atoms with van der Waals surface area (Å²) in [5.41, 5.74) is 8.86. The van der Waals surface area contributed by atoms with Crippen LogP contribution in [0.1, 0.15) is 24.0 Å². The zero-order valence-corrected chi connectivity index (χ0v) is 15.8. The second kappa shape index (κ2) is 8.62. The molecular weight excluding hydrogens is 353 g/mol. The molecule has 140 valence electrons. The summed E-state index contributed by atoms with van der Waals surface area (Å²) in [7, 11) is 0. The largest absolute Gasteiger partial charge is 0.326 e. The molecule has 1 heterocycles. The molecule has 0 radical (unpaired) electrons. The Kier molecular flexibility index (Phi) is 6.75. The van der Waals surface area contributed by atoms with Crippen molar-refractivity contribution in [3.8, 4) is 0 Å². The second-order valence-electron chi connectivity index (χ2n) is 6.76. The first-order chi connectivity index (χ1) is 12.0. The lowest BCUT2D eigenvalue weighted by Crippen LogP contribution is -2.41. The number of rotatable bonds is 4. The number of carbonyl (C=O) groups is 1. The standard InChI is InChI=1S/C20H24FN3O.ClH/c1-13-8-9-16(21)10-19(13)23-20(25)14(2)24-11-17(18(22)12-24)15-6-4-3-5-7-15;/h3-10,14,17-18H,11-12,22H2,1-2H3,(H,23,25);1H/t14?,17-,18+;/m0./s1. The third-order valence-electron chi connectivity index (χ3n) is 5.01. The van der Waals surface area contributed by atoms with Gasteiger partial charge in [0.2, 0.25) is 5.91 Å². The second-order valence-corrected chi connectivity index (χ2v) is 6.76. The van der Waals surface area contributed by atoms with E-state index in [9.17, 15) is 9.18 Å². The van der Waals surface area contributed by atoms with Crippen LogP contribution in [0.2, 0.25) is 0 Å². The van der Waals surface area contributed by atoms with E-state index in [1.54, 1.807) is 6.07 Å². The summed E-state index contributed by atoms with van der Waals surface area (Å²) in [5.74, 6) is -0.289. The third kappa shape index (κ3) is 4.41. The predicted octanol–water partition coefficient (Wildman–Crippen LogP) is 3.31. The molecule has 4 nitrogen and oxygen atoms in total. The number of likely N-dealkylation sites (tertiary alicyclic amines) is 1. The molecule has 0 aromatic heterocycles. The number of nitrogens with two attached hydrogens (primary N) is 1. The molecule has 0 bridgehead atoms. The van der Waals surface area contributed by atoms with Crippen LogP contribution < -0.4 is 11.1 Å². The Bertz CT molecular complexity index is 756. The summed E-state index contributed by atoms with van der Waals surface area (Å²) < 4.78 is 13.4.